The summed E-state index contributed by atoms with van der Waals surface area (Å²) >= 11 is 0. The van der Waals surface area contributed by atoms with Gasteiger partial charge in [-0.3, -0.25) is 0 Å². The molecule has 0 saturated carbocycles. The summed E-state index contributed by atoms with van der Waals surface area (Å²) in [6, 6.07) is 81.9. The van der Waals surface area contributed by atoms with Gasteiger partial charge in [-0.15, -0.1) is 0 Å². The van der Waals surface area contributed by atoms with E-state index in [0.717, 1.165) is 0 Å². The molecule has 0 fully saturated rings. The Labute approximate surface area is 468 Å². The molecule has 2 aliphatic rings. The number of hydrogen-bond acceptors (Lipinski definition) is 1. The largest absolute Gasteiger partial charge is 0.310 e. The van der Waals surface area contributed by atoms with Crippen molar-refractivity contribution in [3.05, 3.63) is 235 Å². The van der Waals surface area contributed by atoms with Crippen molar-refractivity contribution in [2.24, 2.45) is 0 Å². The molecule has 2 nitrogen and oxygen atoms in total. The van der Waals surface area contributed by atoms with E-state index in [4.69, 9.17) is 0 Å². The molecule has 0 bridgehead atoms. The first kappa shape index (κ1) is 50.4. The summed E-state index contributed by atoms with van der Waals surface area (Å²) in [5.41, 5.74) is 23.3. The maximum Gasteiger partial charge on any atom is 0.252 e. The third kappa shape index (κ3) is 8.39. The summed E-state index contributed by atoms with van der Waals surface area (Å²) in [5, 5.41) is 7.36. The van der Waals surface area contributed by atoms with Crippen LogP contribution in [0, 0.1) is 0 Å². The van der Waals surface area contributed by atoms with Gasteiger partial charge >= 0.3 is 0 Å². The normalized spacial score (nSPS) is 13.3. The van der Waals surface area contributed by atoms with E-state index in [2.05, 4.69) is 305 Å². The number of rotatable bonds is 4. The molecule has 0 unspecified atom stereocenters. The second-order valence-corrected chi connectivity index (χ2v) is 26.6. The molecule has 3 heteroatoms. The highest BCUT2D eigenvalue weighted by atomic mass is 15.2. The zero-order chi connectivity index (χ0) is 54.9. The maximum atomic E-state index is 2.70. The Morgan fingerprint density at radius 3 is 1.30 bits per heavy atom. The van der Waals surface area contributed by atoms with Gasteiger partial charge in [-0.2, -0.15) is 0 Å². The second-order valence-electron chi connectivity index (χ2n) is 26.6. The molecule has 0 aliphatic carbocycles. The summed E-state index contributed by atoms with van der Waals surface area (Å²) in [4.78, 5) is 2.70. The lowest BCUT2D eigenvalue weighted by molar-refractivity contribution is 0.569. The first-order valence-electron chi connectivity index (χ1n) is 28.5. The van der Waals surface area contributed by atoms with Gasteiger partial charge in [0.25, 0.3) is 6.71 Å². The fourth-order valence-electron chi connectivity index (χ4n) is 12.8. The van der Waals surface area contributed by atoms with Crippen molar-refractivity contribution in [3.8, 4) is 39.1 Å². The van der Waals surface area contributed by atoms with Crippen molar-refractivity contribution in [2.45, 2.75) is 105 Å². The molecule has 0 spiro atoms. The molecular formula is C76H71BN2. The van der Waals surface area contributed by atoms with Crippen LogP contribution in [0.3, 0.4) is 0 Å². The topological polar surface area (TPSA) is 8.17 Å². The highest BCUT2D eigenvalue weighted by molar-refractivity contribution is 7.00. The molecule has 0 saturated heterocycles. The molecule has 79 heavy (non-hydrogen) atoms. The van der Waals surface area contributed by atoms with Gasteiger partial charge in [0, 0.05) is 39.0 Å². The Kier molecular flexibility index (Phi) is 11.6. The van der Waals surface area contributed by atoms with Crippen LogP contribution in [0.15, 0.2) is 212 Å². The second kappa shape index (κ2) is 18.2. The van der Waals surface area contributed by atoms with Gasteiger partial charge in [0.1, 0.15) is 0 Å². The Balaban J connectivity index is 1.28. The summed E-state index contributed by atoms with van der Waals surface area (Å²) in [7, 11) is 0. The zero-order valence-electron chi connectivity index (χ0n) is 48.2. The van der Waals surface area contributed by atoms with E-state index in [-0.39, 0.29) is 28.4 Å². The first-order valence-corrected chi connectivity index (χ1v) is 28.5. The van der Waals surface area contributed by atoms with Crippen LogP contribution in [-0.2, 0) is 21.7 Å². The SMILES string of the molecule is CC(C)(C)c1cc(-c2ccc3c(c2)N(c2c(-c4ccccc4)cc(C(C)(C)C)cc2-c2ccccc2)c2ccc4c5ccccc5c5ccccc5c5ccccc5n5c4c2B3c2ccc(C(C)(C)C)cc2-5)cc(C(C)(C)C)c1. The summed E-state index contributed by atoms with van der Waals surface area (Å²) in [6.45, 7) is 28.1. The van der Waals surface area contributed by atoms with Crippen LogP contribution in [0.5, 0.6) is 0 Å². The van der Waals surface area contributed by atoms with E-state index in [9.17, 15) is 0 Å². The van der Waals surface area contributed by atoms with Gasteiger partial charge in [-0.05, 0) is 140 Å². The molecule has 0 N–H and O–H groups in total. The lowest BCUT2D eigenvalue weighted by Crippen LogP contribution is -2.60. The monoisotopic (exact) mass is 1020 g/mol. The Hall–Kier alpha value is -8.14. The van der Waals surface area contributed by atoms with Crippen molar-refractivity contribution in [1.82, 2.24) is 4.57 Å². The number of nitrogens with zero attached hydrogens (tertiary/aromatic N) is 2. The van der Waals surface area contributed by atoms with Gasteiger partial charge in [-0.1, -0.05) is 259 Å². The van der Waals surface area contributed by atoms with Crippen molar-refractivity contribution in [3.63, 3.8) is 0 Å². The van der Waals surface area contributed by atoms with Crippen LogP contribution in [0.1, 0.15) is 105 Å². The van der Waals surface area contributed by atoms with Gasteiger partial charge in [-0.25, -0.2) is 0 Å². The lowest BCUT2D eigenvalue weighted by Gasteiger charge is -2.42. The molecule has 10 aromatic carbocycles. The van der Waals surface area contributed by atoms with Crippen molar-refractivity contribution in [1.29, 1.82) is 0 Å². The highest BCUT2D eigenvalue weighted by Crippen LogP contribution is 2.51. The van der Waals surface area contributed by atoms with E-state index in [1.54, 1.807) is 0 Å². The minimum Gasteiger partial charge on any atom is -0.310 e. The number of benzene rings is 10. The highest BCUT2D eigenvalue weighted by Gasteiger charge is 2.43. The van der Waals surface area contributed by atoms with Gasteiger partial charge in [0.15, 0.2) is 0 Å². The number of aromatic nitrogens is 1. The fraction of sp³-hybridized carbons (Fsp3) is 0.211. The Morgan fingerprint density at radius 1 is 0.304 bits per heavy atom. The van der Waals surface area contributed by atoms with E-state index >= 15 is 0 Å². The lowest BCUT2D eigenvalue weighted by atomic mass is 9.33. The number of anilines is 3. The van der Waals surface area contributed by atoms with Crippen molar-refractivity contribution >= 4 is 83.5 Å². The van der Waals surface area contributed by atoms with Crippen molar-refractivity contribution in [2.75, 3.05) is 4.90 Å². The van der Waals surface area contributed by atoms with Gasteiger partial charge < -0.3 is 9.47 Å². The summed E-state index contributed by atoms with van der Waals surface area (Å²) in [6.07, 6.45) is 0. The van der Waals surface area contributed by atoms with Crippen LogP contribution in [-0.4, -0.2) is 11.3 Å². The molecular weight excluding hydrogens is 952 g/mol. The first-order chi connectivity index (χ1) is 37.7. The van der Waals surface area contributed by atoms with Gasteiger partial charge in [0.05, 0.1) is 16.7 Å². The van der Waals surface area contributed by atoms with Crippen molar-refractivity contribution < 1.29 is 0 Å². The van der Waals surface area contributed by atoms with Crippen LogP contribution in [0.25, 0.3) is 82.4 Å². The number of hydrogen-bond donors (Lipinski definition) is 0. The zero-order valence-corrected chi connectivity index (χ0v) is 48.2. The minimum atomic E-state index is -0.131. The molecule has 2 aliphatic heterocycles. The molecule has 0 amide bonds. The number of para-hydroxylation sites is 1. The van der Waals surface area contributed by atoms with Crippen LogP contribution in [0.4, 0.5) is 17.1 Å². The summed E-state index contributed by atoms with van der Waals surface area (Å²) < 4.78 is 2.67. The van der Waals surface area contributed by atoms with Crippen LogP contribution in [0.2, 0.25) is 0 Å². The molecule has 11 aromatic rings. The standard InChI is InChI=1S/C76H71BN2/c1-73(2,3)52-36-39-65-69(47-52)78-66-34-24-23-33-60(66)58-31-21-19-29-56(58)57-30-20-22-32-59(57)61-37-40-67-70(72(61)78)77(65)64-38-35-50(51-41-53(74(4,5)6)44-54(42-51)75(7,8)9)43-68(64)79(67)71-62(48-25-15-13-16-26-48)45-55(76(10,11)12)46-63(71)49-27-17-14-18-28-49/h13-47H,1-12H3. The van der Waals surface area contributed by atoms with E-state index in [1.165, 1.54) is 138 Å². The molecule has 3 heterocycles. The summed E-state index contributed by atoms with van der Waals surface area (Å²) in [5.74, 6) is 0. The quantitative estimate of drug-likeness (QED) is 0.160. The maximum absolute atomic E-state index is 2.70. The Morgan fingerprint density at radius 2 is 0.759 bits per heavy atom. The predicted octanol–water partition coefficient (Wildman–Crippen LogP) is 19.0. The van der Waals surface area contributed by atoms with E-state index in [1.807, 2.05) is 0 Å². The van der Waals surface area contributed by atoms with E-state index < -0.39 is 0 Å². The molecule has 0 radical (unpaired) electrons. The fourth-order valence-corrected chi connectivity index (χ4v) is 12.8. The smallest absolute Gasteiger partial charge is 0.252 e. The van der Waals surface area contributed by atoms with E-state index in [0.29, 0.717) is 0 Å². The molecule has 1 aromatic heterocycles. The van der Waals surface area contributed by atoms with Crippen LogP contribution < -0.4 is 21.3 Å². The average molecular weight is 1020 g/mol. The number of fused-ring (bicyclic) bond motifs is 12. The molecule has 13 rings (SSSR count). The third-order valence-corrected chi connectivity index (χ3v) is 17.2. The Bertz CT molecular complexity index is 4250. The third-order valence-electron chi connectivity index (χ3n) is 17.2. The van der Waals surface area contributed by atoms with Gasteiger partial charge in [0.2, 0.25) is 0 Å². The minimum absolute atomic E-state index is 0.0447. The predicted molar refractivity (Wildman–Crippen MR) is 344 cm³/mol. The molecule has 0 atom stereocenters. The average Bonchev–Trinajstić information content (AvgIpc) is 2.67. The molecule has 388 valence electrons. The van der Waals surface area contributed by atoms with Crippen LogP contribution >= 0.6 is 0 Å².